The van der Waals surface area contributed by atoms with Crippen LogP contribution in [0.25, 0.3) is 10.8 Å². The Hall–Kier alpha value is -4.24. The van der Waals surface area contributed by atoms with E-state index in [1.807, 2.05) is 24.3 Å². The first kappa shape index (κ1) is 23.9. The molecule has 35 heavy (non-hydrogen) atoms. The van der Waals surface area contributed by atoms with Crippen LogP contribution in [0.15, 0.2) is 72.2 Å². The molecular formula is C26H26N4O5. The van der Waals surface area contributed by atoms with Crippen molar-refractivity contribution < 1.29 is 24.2 Å². The van der Waals surface area contributed by atoms with Crippen LogP contribution in [0.3, 0.4) is 0 Å². The summed E-state index contributed by atoms with van der Waals surface area (Å²) in [6.07, 6.45) is 3.10. The number of Topliss-reactive ketones (excluding diaryl/α,β-unsaturated/α-hetero) is 1. The number of carboxylic acid groups (broad SMARTS) is 1. The second-order valence-electron chi connectivity index (χ2n) is 8.20. The van der Waals surface area contributed by atoms with Crippen LogP contribution >= 0.6 is 0 Å². The van der Waals surface area contributed by atoms with Crippen molar-refractivity contribution in [2.45, 2.75) is 25.8 Å². The number of hydrogen-bond acceptors (Lipinski definition) is 7. The first-order chi connectivity index (χ1) is 16.8. The molecule has 0 spiro atoms. The predicted molar refractivity (Wildman–Crippen MR) is 131 cm³/mol. The number of ether oxygens (including phenoxy) is 1. The second-order valence-corrected chi connectivity index (χ2v) is 8.20. The molecule has 0 saturated heterocycles. The highest BCUT2D eigenvalue weighted by molar-refractivity contribution is 6.14. The van der Waals surface area contributed by atoms with Crippen LogP contribution in [0, 0.1) is 0 Å². The summed E-state index contributed by atoms with van der Waals surface area (Å²) in [5.41, 5.74) is 1.70. The Morgan fingerprint density at radius 1 is 1.14 bits per heavy atom. The van der Waals surface area contributed by atoms with Crippen molar-refractivity contribution in [3.05, 3.63) is 77.8 Å². The number of fused-ring (bicyclic) bond motifs is 1. The Bertz CT molecular complexity index is 1350. The molecule has 2 aromatic carbocycles. The zero-order chi connectivity index (χ0) is 25.2. The van der Waals surface area contributed by atoms with Gasteiger partial charge in [0.2, 0.25) is 0 Å². The third-order valence-corrected chi connectivity index (χ3v) is 6.07. The summed E-state index contributed by atoms with van der Waals surface area (Å²) < 4.78 is 5.43. The largest absolute Gasteiger partial charge is 0.496 e. The lowest BCUT2D eigenvalue weighted by Crippen LogP contribution is -2.68. The minimum Gasteiger partial charge on any atom is -0.496 e. The maximum atomic E-state index is 13.5. The molecule has 0 bridgehead atoms. The second kappa shape index (κ2) is 9.55. The van der Waals surface area contributed by atoms with E-state index in [4.69, 9.17) is 4.74 Å². The zero-order valence-corrected chi connectivity index (χ0v) is 19.7. The molecule has 2 heterocycles. The maximum absolute atomic E-state index is 13.5. The number of methoxy groups -OCH3 is 1. The highest BCUT2D eigenvalue weighted by Crippen LogP contribution is 2.35. The van der Waals surface area contributed by atoms with Crippen LogP contribution in [-0.2, 0) is 20.8 Å². The van der Waals surface area contributed by atoms with Gasteiger partial charge in [0.25, 0.3) is 5.91 Å². The molecule has 1 aromatic heterocycles. The highest BCUT2D eigenvalue weighted by atomic mass is 16.5. The van der Waals surface area contributed by atoms with Crippen LogP contribution in [0.2, 0.25) is 0 Å². The molecule has 0 radical (unpaired) electrons. The van der Waals surface area contributed by atoms with E-state index in [-0.39, 0.29) is 24.2 Å². The number of nitrogens with one attached hydrogen (secondary N) is 2. The Balaban J connectivity index is 1.95. The minimum atomic E-state index is -1.93. The first-order valence-electron chi connectivity index (χ1n) is 11.1. The lowest BCUT2D eigenvalue weighted by molar-refractivity contribution is -0.150. The highest BCUT2D eigenvalue weighted by Gasteiger charge is 2.52. The van der Waals surface area contributed by atoms with Crippen molar-refractivity contribution in [1.29, 1.82) is 0 Å². The van der Waals surface area contributed by atoms with Crippen molar-refractivity contribution in [2.24, 2.45) is 0 Å². The molecule has 1 aliphatic rings. The number of para-hydroxylation sites is 1. The maximum Gasteiger partial charge on any atom is 0.330 e. The van der Waals surface area contributed by atoms with E-state index >= 15 is 0 Å². The SMILES string of the molecule is CCN1NC(Cc2ccccc2OC)(C(=O)O)C(C(C)=O)=C(Nc2cncc3ccccc23)C1=O. The van der Waals surface area contributed by atoms with Crippen LogP contribution in [0.4, 0.5) is 5.69 Å². The normalized spacial score (nSPS) is 18.0. The first-order valence-corrected chi connectivity index (χ1v) is 11.1. The van der Waals surface area contributed by atoms with Gasteiger partial charge < -0.3 is 15.2 Å². The molecule has 4 rings (SSSR count). The lowest BCUT2D eigenvalue weighted by Gasteiger charge is -2.42. The standard InChI is InChI=1S/C26H26N4O5/c1-4-30-24(32)23(28-20-15-27-14-18-10-5-7-11-19(18)20)22(16(2)31)26(29-30,25(33)34)13-17-9-6-8-12-21(17)35-3/h5-12,14-15,28-29H,4,13H2,1-3H3,(H,33,34). The molecule has 1 amide bonds. The summed E-state index contributed by atoms with van der Waals surface area (Å²) >= 11 is 0. The molecule has 0 fully saturated rings. The van der Waals surface area contributed by atoms with Crippen molar-refractivity contribution >= 4 is 34.1 Å². The summed E-state index contributed by atoms with van der Waals surface area (Å²) in [5.74, 6) is -1.91. The topological polar surface area (TPSA) is 121 Å². The van der Waals surface area contributed by atoms with E-state index in [1.165, 1.54) is 19.0 Å². The molecule has 0 aliphatic carbocycles. The van der Waals surface area contributed by atoms with Gasteiger partial charge in [0, 0.05) is 29.9 Å². The van der Waals surface area contributed by atoms with Crippen molar-refractivity contribution in [1.82, 2.24) is 15.4 Å². The van der Waals surface area contributed by atoms with Gasteiger partial charge in [0.1, 0.15) is 11.4 Å². The average Bonchev–Trinajstić information content (AvgIpc) is 2.86. The van der Waals surface area contributed by atoms with Crippen molar-refractivity contribution in [2.75, 3.05) is 19.0 Å². The predicted octanol–water partition coefficient (Wildman–Crippen LogP) is 2.93. The van der Waals surface area contributed by atoms with E-state index in [9.17, 15) is 19.5 Å². The van der Waals surface area contributed by atoms with Gasteiger partial charge in [-0.15, -0.1) is 0 Å². The van der Waals surface area contributed by atoms with E-state index in [0.29, 0.717) is 17.0 Å². The fourth-order valence-electron chi connectivity index (χ4n) is 4.45. The summed E-state index contributed by atoms with van der Waals surface area (Å²) in [4.78, 5) is 43.6. The van der Waals surface area contributed by atoms with Gasteiger partial charge in [-0.3, -0.25) is 19.6 Å². The Morgan fingerprint density at radius 3 is 2.54 bits per heavy atom. The molecular weight excluding hydrogens is 448 g/mol. The number of hydrogen-bond donors (Lipinski definition) is 3. The van der Waals surface area contributed by atoms with Gasteiger partial charge in [0.05, 0.1) is 24.6 Å². The average molecular weight is 475 g/mol. The molecule has 1 atom stereocenters. The summed E-state index contributed by atoms with van der Waals surface area (Å²) in [6, 6.07) is 14.4. The molecule has 3 N–H and O–H groups in total. The third-order valence-electron chi connectivity index (χ3n) is 6.07. The van der Waals surface area contributed by atoms with Gasteiger partial charge in [0.15, 0.2) is 11.3 Å². The molecule has 1 aliphatic heterocycles. The number of amides is 1. The van der Waals surface area contributed by atoms with Gasteiger partial charge in [-0.1, -0.05) is 42.5 Å². The molecule has 9 nitrogen and oxygen atoms in total. The Labute approximate surface area is 202 Å². The fourth-order valence-corrected chi connectivity index (χ4v) is 4.45. The number of aromatic nitrogens is 1. The Morgan fingerprint density at radius 2 is 1.86 bits per heavy atom. The van der Waals surface area contributed by atoms with Crippen molar-refractivity contribution in [3.63, 3.8) is 0 Å². The molecule has 3 aromatic rings. The number of benzene rings is 2. The number of pyridine rings is 1. The van der Waals surface area contributed by atoms with Gasteiger partial charge >= 0.3 is 5.97 Å². The zero-order valence-electron chi connectivity index (χ0n) is 19.7. The number of aliphatic carboxylic acids is 1. The Kier molecular flexibility index (Phi) is 6.52. The van der Waals surface area contributed by atoms with E-state index in [1.54, 1.807) is 43.6 Å². The van der Waals surface area contributed by atoms with Crippen LogP contribution in [-0.4, -0.2) is 52.0 Å². The number of carbonyl (C=O) groups excluding carboxylic acids is 2. The quantitative estimate of drug-likeness (QED) is 0.456. The summed E-state index contributed by atoms with van der Waals surface area (Å²) in [5, 5.41) is 16.4. The number of anilines is 1. The third kappa shape index (κ3) is 4.22. The number of ketones is 1. The number of rotatable bonds is 8. The smallest absolute Gasteiger partial charge is 0.330 e. The number of hydrazine groups is 1. The molecule has 0 saturated carbocycles. The summed E-state index contributed by atoms with van der Waals surface area (Å²) in [6.45, 7) is 3.15. The minimum absolute atomic E-state index is 0.103. The van der Waals surface area contributed by atoms with Crippen molar-refractivity contribution in [3.8, 4) is 5.75 Å². The van der Waals surface area contributed by atoms with Crippen LogP contribution in [0.1, 0.15) is 19.4 Å². The lowest BCUT2D eigenvalue weighted by atomic mass is 9.79. The van der Waals surface area contributed by atoms with E-state index in [2.05, 4.69) is 15.7 Å². The number of likely N-dealkylation sites (N-methyl/N-ethyl adjacent to an activating group) is 1. The number of carboxylic acids is 1. The van der Waals surface area contributed by atoms with Gasteiger partial charge in [-0.2, -0.15) is 0 Å². The monoisotopic (exact) mass is 474 g/mol. The van der Waals surface area contributed by atoms with E-state index < -0.39 is 23.2 Å². The van der Waals surface area contributed by atoms with Gasteiger partial charge in [-0.25, -0.2) is 10.2 Å². The number of nitrogens with zero attached hydrogens (tertiary/aromatic N) is 2. The number of carbonyl (C=O) groups is 3. The molecule has 1 unspecified atom stereocenters. The fraction of sp³-hybridized carbons (Fsp3) is 0.231. The summed E-state index contributed by atoms with van der Waals surface area (Å²) in [7, 11) is 1.49. The van der Waals surface area contributed by atoms with Gasteiger partial charge in [-0.05, 0) is 25.5 Å². The van der Waals surface area contributed by atoms with Crippen LogP contribution in [0.5, 0.6) is 5.75 Å². The molecule has 9 heteroatoms. The molecule has 180 valence electrons. The van der Waals surface area contributed by atoms with E-state index in [0.717, 1.165) is 10.8 Å². The van der Waals surface area contributed by atoms with Crippen LogP contribution < -0.4 is 15.5 Å².